The van der Waals surface area contributed by atoms with E-state index in [0.717, 1.165) is 0 Å². The van der Waals surface area contributed by atoms with Crippen molar-refractivity contribution < 1.29 is 23.8 Å². The molecule has 1 aromatic heterocycles. The van der Waals surface area contributed by atoms with Gasteiger partial charge in [0.15, 0.2) is 6.10 Å². The van der Waals surface area contributed by atoms with Crippen LogP contribution in [0.15, 0.2) is 36.4 Å². The van der Waals surface area contributed by atoms with E-state index in [1.165, 1.54) is 28.4 Å². The zero-order chi connectivity index (χ0) is 19.1. The van der Waals surface area contributed by atoms with Gasteiger partial charge in [-0.05, 0) is 24.3 Å². The molecule has 1 aliphatic heterocycles. The van der Waals surface area contributed by atoms with Gasteiger partial charge in [-0.15, -0.1) is 11.3 Å². The second kappa shape index (κ2) is 6.79. The fourth-order valence-electron chi connectivity index (χ4n) is 2.92. The number of para-hydroxylation sites is 2. The van der Waals surface area contributed by atoms with Gasteiger partial charge in [0.2, 0.25) is 0 Å². The number of fused-ring (bicyclic) bond motifs is 2. The minimum absolute atomic E-state index is 0.0600. The van der Waals surface area contributed by atoms with Crippen LogP contribution in [0.4, 0.5) is 10.1 Å². The Balaban J connectivity index is 1.73. The van der Waals surface area contributed by atoms with Crippen molar-refractivity contribution in [2.45, 2.75) is 19.1 Å². The Morgan fingerprint density at radius 3 is 2.85 bits per heavy atom. The van der Waals surface area contributed by atoms with Crippen molar-refractivity contribution in [1.29, 1.82) is 0 Å². The third-order valence-electron chi connectivity index (χ3n) is 4.11. The summed E-state index contributed by atoms with van der Waals surface area (Å²) in [6, 6.07) is 9.54. The van der Waals surface area contributed by atoms with E-state index in [-0.39, 0.29) is 12.1 Å². The van der Waals surface area contributed by atoms with Crippen LogP contribution in [0.5, 0.6) is 5.75 Å². The maximum atomic E-state index is 14.0. The van der Waals surface area contributed by atoms with Crippen molar-refractivity contribution in [2.75, 3.05) is 4.90 Å². The zero-order valence-corrected chi connectivity index (χ0v) is 15.3. The molecule has 138 valence electrons. The molecule has 1 aliphatic rings. The topological polar surface area (TPSA) is 79.7 Å². The Kier molecular flexibility index (Phi) is 4.45. The fourth-order valence-corrected chi connectivity index (χ4v) is 4.16. The van der Waals surface area contributed by atoms with Gasteiger partial charge in [-0.2, -0.15) is 0 Å². The van der Waals surface area contributed by atoms with Crippen LogP contribution in [0, 0.1) is 5.82 Å². The van der Waals surface area contributed by atoms with Gasteiger partial charge in [-0.1, -0.05) is 23.7 Å². The summed E-state index contributed by atoms with van der Waals surface area (Å²) in [5.41, 5.74) is 0.661. The van der Waals surface area contributed by atoms with Gasteiger partial charge in [0.25, 0.3) is 5.91 Å². The number of aromatic nitrogens is 1. The fraction of sp³-hybridized carbons (Fsp3) is 0.167. The van der Waals surface area contributed by atoms with Gasteiger partial charge in [0, 0.05) is 0 Å². The Morgan fingerprint density at radius 1 is 1.33 bits per heavy atom. The first-order chi connectivity index (χ1) is 12.9. The van der Waals surface area contributed by atoms with E-state index in [4.69, 9.17) is 21.4 Å². The van der Waals surface area contributed by atoms with E-state index in [0.29, 0.717) is 26.2 Å². The number of carbonyl (C=O) groups excluding carboxylic acids is 1. The van der Waals surface area contributed by atoms with E-state index in [9.17, 15) is 14.0 Å². The molecule has 0 saturated carbocycles. The number of aliphatic carboxylic acids is 1. The molecule has 1 atom stereocenters. The molecular formula is C18H12ClFN2O4S. The molecule has 1 N–H and O–H groups in total. The second-order valence-electron chi connectivity index (χ2n) is 5.91. The predicted molar refractivity (Wildman–Crippen MR) is 98.9 cm³/mol. The average Bonchev–Trinajstić information content (AvgIpc) is 3.07. The summed E-state index contributed by atoms with van der Waals surface area (Å²) in [5.74, 6) is -1.70. The van der Waals surface area contributed by atoms with Gasteiger partial charge in [-0.3, -0.25) is 14.5 Å². The number of carbonyl (C=O) groups is 2. The number of halogens is 2. The van der Waals surface area contributed by atoms with Gasteiger partial charge >= 0.3 is 5.97 Å². The van der Waals surface area contributed by atoms with Crippen LogP contribution in [0.1, 0.15) is 11.4 Å². The van der Waals surface area contributed by atoms with E-state index >= 15 is 0 Å². The highest BCUT2D eigenvalue weighted by Gasteiger charge is 2.36. The Hall–Kier alpha value is -2.71. The number of anilines is 1. The van der Waals surface area contributed by atoms with Crippen LogP contribution >= 0.6 is 22.9 Å². The monoisotopic (exact) mass is 406 g/mol. The van der Waals surface area contributed by atoms with Crippen molar-refractivity contribution in [3.8, 4) is 5.75 Å². The highest BCUT2D eigenvalue weighted by Crippen LogP contribution is 2.37. The van der Waals surface area contributed by atoms with Crippen molar-refractivity contribution in [3.05, 3.63) is 52.2 Å². The molecule has 1 unspecified atom stereocenters. The molecule has 2 aromatic carbocycles. The molecule has 0 fully saturated rings. The Morgan fingerprint density at radius 2 is 2.11 bits per heavy atom. The van der Waals surface area contributed by atoms with Crippen LogP contribution in [0.25, 0.3) is 10.2 Å². The SMILES string of the molecule is O=C(O)CC1Oc2ccccc2N(Cc2nc3c(F)ccc(Cl)c3s2)C1=O. The first kappa shape index (κ1) is 17.7. The van der Waals surface area contributed by atoms with Crippen LogP contribution in [0.2, 0.25) is 5.02 Å². The number of ether oxygens (including phenoxy) is 1. The third kappa shape index (κ3) is 3.22. The highest BCUT2D eigenvalue weighted by atomic mass is 35.5. The maximum absolute atomic E-state index is 14.0. The van der Waals surface area contributed by atoms with Crippen LogP contribution < -0.4 is 9.64 Å². The number of carboxylic acids is 1. The molecular weight excluding hydrogens is 395 g/mol. The molecule has 9 heteroatoms. The van der Waals surface area contributed by atoms with Crippen LogP contribution in [-0.4, -0.2) is 28.1 Å². The minimum atomic E-state index is -1.14. The quantitative estimate of drug-likeness (QED) is 0.711. The number of hydrogen-bond acceptors (Lipinski definition) is 5. The molecule has 0 spiro atoms. The number of nitrogens with zero attached hydrogens (tertiary/aromatic N) is 2. The molecule has 0 bridgehead atoms. The lowest BCUT2D eigenvalue weighted by atomic mass is 10.1. The van der Waals surface area contributed by atoms with Crippen molar-refractivity contribution >= 4 is 50.7 Å². The maximum Gasteiger partial charge on any atom is 0.307 e. The van der Waals surface area contributed by atoms with Crippen molar-refractivity contribution in [3.63, 3.8) is 0 Å². The molecule has 0 radical (unpaired) electrons. The number of amides is 1. The Labute approximate surface area is 161 Å². The normalized spacial score (nSPS) is 16.3. The predicted octanol–water partition coefficient (Wildman–Crippen LogP) is 3.86. The molecule has 0 aliphatic carbocycles. The van der Waals surface area contributed by atoms with Gasteiger partial charge in [0.05, 0.1) is 28.4 Å². The lowest BCUT2D eigenvalue weighted by Crippen LogP contribution is -2.46. The summed E-state index contributed by atoms with van der Waals surface area (Å²) in [5, 5.41) is 9.91. The highest BCUT2D eigenvalue weighted by molar-refractivity contribution is 7.19. The summed E-state index contributed by atoms with van der Waals surface area (Å²) in [7, 11) is 0. The lowest BCUT2D eigenvalue weighted by molar-refractivity contribution is -0.142. The number of benzene rings is 2. The first-order valence-electron chi connectivity index (χ1n) is 7.96. The zero-order valence-electron chi connectivity index (χ0n) is 13.7. The second-order valence-corrected chi connectivity index (χ2v) is 7.40. The number of thiazole rings is 1. The van der Waals surface area contributed by atoms with Crippen molar-refractivity contribution in [2.24, 2.45) is 0 Å². The summed E-state index contributed by atoms with van der Waals surface area (Å²) >= 11 is 7.30. The number of carboxylic acid groups (broad SMARTS) is 1. The van der Waals surface area contributed by atoms with Gasteiger partial charge < -0.3 is 9.84 Å². The summed E-state index contributed by atoms with van der Waals surface area (Å²) < 4.78 is 20.1. The molecule has 1 amide bonds. The largest absolute Gasteiger partial charge is 0.481 e. The molecule has 6 nitrogen and oxygen atoms in total. The molecule has 27 heavy (non-hydrogen) atoms. The summed E-state index contributed by atoms with van der Waals surface area (Å²) in [6.07, 6.45) is -1.59. The number of hydrogen-bond donors (Lipinski definition) is 1. The van der Waals surface area contributed by atoms with E-state index in [2.05, 4.69) is 4.98 Å². The minimum Gasteiger partial charge on any atom is -0.481 e. The van der Waals surface area contributed by atoms with E-state index in [1.54, 1.807) is 24.3 Å². The summed E-state index contributed by atoms with van der Waals surface area (Å²) in [4.78, 5) is 29.5. The average molecular weight is 407 g/mol. The van der Waals surface area contributed by atoms with Crippen LogP contribution in [-0.2, 0) is 16.1 Å². The first-order valence-corrected chi connectivity index (χ1v) is 9.16. The standard InChI is InChI=1S/C18H12ClFN2O4S/c19-9-5-6-10(20)16-17(9)27-14(21-16)8-22-11-3-1-2-4-12(11)26-13(18(22)25)7-15(23)24/h1-6,13H,7-8H2,(H,23,24). The lowest BCUT2D eigenvalue weighted by Gasteiger charge is -2.33. The smallest absolute Gasteiger partial charge is 0.307 e. The molecule has 4 rings (SSSR count). The van der Waals surface area contributed by atoms with E-state index in [1.807, 2.05) is 0 Å². The third-order valence-corrected chi connectivity index (χ3v) is 5.61. The summed E-state index contributed by atoms with van der Waals surface area (Å²) in [6.45, 7) is 0.0600. The van der Waals surface area contributed by atoms with Crippen molar-refractivity contribution in [1.82, 2.24) is 4.98 Å². The molecule has 2 heterocycles. The van der Waals surface area contributed by atoms with Gasteiger partial charge in [0.1, 0.15) is 22.1 Å². The molecule has 0 saturated heterocycles. The molecule has 3 aromatic rings. The Bertz CT molecular complexity index is 1030. The van der Waals surface area contributed by atoms with Gasteiger partial charge in [-0.25, -0.2) is 9.37 Å². The van der Waals surface area contributed by atoms with E-state index < -0.39 is 30.2 Å². The number of rotatable bonds is 4. The van der Waals surface area contributed by atoms with Crippen LogP contribution in [0.3, 0.4) is 0 Å².